The van der Waals surface area contributed by atoms with E-state index in [1.54, 1.807) is 0 Å². The Labute approximate surface area is 163 Å². The number of thiocarbonyl (C=S) groups is 1. The summed E-state index contributed by atoms with van der Waals surface area (Å²) < 4.78 is 5.44. The van der Waals surface area contributed by atoms with Gasteiger partial charge in [-0.3, -0.25) is 0 Å². The van der Waals surface area contributed by atoms with Gasteiger partial charge >= 0.3 is 0 Å². The van der Waals surface area contributed by atoms with Crippen LogP contribution in [0.4, 0.5) is 5.69 Å². The molecule has 1 aromatic heterocycles. The lowest BCUT2D eigenvalue weighted by Crippen LogP contribution is -2.30. The number of ether oxygens (including phenoxy) is 1. The van der Waals surface area contributed by atoms with Crippen molar-refractivity contribution in [2.45, 2.75) is 20.3 Å². The standard InChI is InChI=1S/C20H22ClN3OS/c1-3-25-15-9-7-14(8-10-15)24-20(26)22-12-11-16-13(2)23-19-17(16)5-4-6-18(19)21/h4-10,23H,3,11-12H2,1-2H3,(H2,22,24,26). The van der Waals surface area contributed by atoms with Gasteiger partial charge in [-0.15, -0.1) is 0 Å². The van der Waals surface area contributed by atoms with Crippen molar-refractivity contribution >= 4 is 45.5 Å². The predicted molar refractivity (Wildman–Crippen MR) is 114 cm³/mol. The third kappa shape index (κ3) is 4.29. The Bertz CT molecular complexity index is 905. The third-order valence-corrected chi connectivity index (χ3v) is 4.75. The van der Waals surface area contributed by atoms with Gasteiger partial charge in [-0.2, -0.15) is 0 Å². The second kappa shape index (κ2) is 8.43. The molecule has 136 valence electrons. The normalized spacial score (nSPS) is 10.7. The van der Waals surface area contributed by atoms with E-state index in [0.29, 0.717) is 11.7 Å². The zero-order valence-corrected chi connectivity index (χ0v) is 16.4. The molecule has 1 heterocycles. The fourth-order valence-corrected chi connectivity index (χ4v) is 3.41. The molecule has 0 spiro atoms. The Kier molecular flexibility index (Phi) is 6.01. The van der Waals surface area contributed by atoms with Gasteiger partial charge in [-0.1, -0.05) is 23.7 Å². The van der Waals surface area contributed by atoms with E-state index < -0.39 is 0 Å². The van der Waals surface area contributed by atoms with Gasteiger partial charge in [0.05, 0.1) is 17.1 Å². The first-order valence-corrected chi connectivity index (χ1v) is 9.40. The van der Waals surface area contributed by atoms with Crippen molar-refractivity contribution in [3.63, 3.8) is 0 Å². The van der Waals surface area contributed by atoms with Crippen LogP contribution in [0.1, 0.15) is 18.2 Å². The zero-order valence-electron chi connectivity index (χ0n) is 14.9. The van der Waals surface area contributed by atoms with Gasteiger partial charge in [-0.05, 0) is 68.4 Å². The van der Waals surface area contributed by atoms with Crippen LogP contribution in [0.15, 0.2) is 42.5 Å². The molecule has 3 N–H and O–H groups in total. The van der Waals surface area contributed by atoms with E-state index in [1.165, 1.54) is 10.9 Å². The number of aryl methyl sites for hydroxylation is 1. The van der Waals surface area contributed by atoms with Crippen LogP contribution >= 0.6 is 23.8 Å². The fraction of sp³-hybridized carbons (Fsp3) is 0.250. The van der Waals surface area contributed by atoms with Crippen molar-refractivity contribution in [2.75, 3.05) is 18.5 Å². The number of hydrogen-bond acceptors (Lipinski definition) is 2. The molecule has 0 amide bonds. The monoisotopic (exact) mass is 387 g/mol. The Balaban J connectivity index is 1.55. The number of nitrogens with one attached hydrogen (secondary N) is 3. The molecule has 0 radical (unpaired) electrons. The zero-order chi connectivity index (χ0) is 18.5. The predicted octanol–water partition coefficient (Wildman–Crippen LogP) is 5.06. The maximum Gasteiger partial charge on any atom is 0.170 e. The number of aromatic nitrogens is 1. The van der Waals surface area contributed by atoms with Crippen LogP contribution in [0, 0.1) is 6.92 Å². The molecule has 0 unspecified atom stereocenters. The summed E-state index contributed by atoms with van der Waals surface area (Å²) in [6.45, 7) is 5.44. The van der Waals surface area contributed by atoms with Crippen molar-refractivity contribution in [3.8, 4) is 5.75 Å². The number of halogens is 1. The molecule has 0 bridgehead atoms. The minimum absolute atomic E-state index is 0.602. The minimum Gasteiger partial charge on any atom is -0.494 e. The molecular formula is C20H22ClN3OS. The van der Waals surface area contributed by atoms with E-state index in [0.717, 1.165) is 40.6 Å². The summed E-state index contributed by atoms with van der Waals surface area (Å²) in [6.07, 6.45) is 0.858. The number of rotatable bonds is 6. The number of anilines is 1. The summed E-state index contributed by atoms with van der Waals surface area (Å²) in [5.74, 6) is 0.852. The molecule has 0 fully saturated rings. The highest BCUT2D eigenvalue weighted by Crippen LogP contribution is 2.28. The van der Waals surface area contributed by atoms with E-state index >= 15 is 0 Å². The molecule has 6 heteroatoms. The van der Waals surface area contributed by atoms with Crippen LogP contribution in [0.2, 0.25) is 5.02 Å². The first-order valence-electron chi connectivity index (χ1n) is 8.62. The van der Waals surface area contributed by atoms with Crippen LogP contribution in [0.3, 0.4) is 0 Å². The molecule has 0 atom stereocenters. The Morgan fingerprint density at radius 2 is 1.96 bits per heavy atom. The summed E-state index contributed by atoms with van der Waals surface area (Å²) in [5.41, 5.74) is 4.33. The second-order valence-electron chi connectivity index (χ2n) is 5.98. The average molecular weight is 388 g/mol. The maximum atomic E-state index is 6.26. The number of benzene rings is 2. The van der Waals surface area contributed by atoms with Gasteiger partial charge in [-0.25, -0.2) is 0 Å². The van der Waals surface area contributed by atoms with Crippen molar-refractivity contribution in [1.82, 2.24) is 10.3 Å². The van der Waals surface area contributed by atoms with Crippen LogP contribution in [-0.4, -0.2) is 23.2 Å². The summed E-state index contributed by atoms with van der Waals surface area (Å²) >= 11 is 11.6. The number of H-pyrrole nitrogens is 1. The molecule has 3 rings (SSSR count). The van der Waals surface area contributed by atoms with E-state index in [1.807, 2.05) is 43.3 Å². The molecule has 4 nitrogen and oxygen atoms in total. The largest absolute Gasteiger partial charge is 0.494 e. The maximum absolute atomic E-state index is 6.26. The smallest absolute Gasteiger partial charge is 0.170 e. The third-order valence-electron chi connectivity index (χ3n) is 4.19. The number of aromatic amines is 1. The molecular weight excluding hydrogens is 366 g/mol. The van der Waals surface area contributed by atoms with E-state index in [9.17, 15) is 0 Å². The summed E-state index contributed by atoms with van der Waals surface area (Å²) in [5, 5.41) is 8.96. The molecule has 2 aromatic carbocycles. The molecule has 26 heavy (non-hydrogen) atoms. The number of fused-ring (bicyclic) bond motifs is 1. The molecule has 3 aromatic rings. The highest BCUT2D eigenvalue weighted by atomic mass is 35.5. The lowest BCUT2D eigenvalue weighted by molar-refractivity contribution is 0.340. The second-order valence-corrected chi connectivity index (χ2v) is 6.79. The lowest BCUT2D eigenvalue weighted by atomic mass is 10.1. The van der Waals surface area contributed by atoms with Crippen molar-refractivity contribution in [2.24, 2.45) is 0 Å². The molecule has 0 saturated carbocycles. The van der Waals surface area contributed by atoms with Gasteiger partial charge in [0.25, 0.3) is 0 Å². The quantitative estimate of drug-likeness (QED) is 0.517. The van der Waals surface area contributed by atoms with Crippen LogP contribution < -0.4 is 15.4 Å². The minimum atomic E-state index is 0.602. The van der Waals surface area contributed by atoms with Gasteiger partial charge in [0.1, 0.15) is 5.75 Å². The molecule has 0 aliphatic rings. The van der Waals surface area contributed by atoms with Crippen molar-refractivity contribution in [3.05, 3.63) is 58.7 Å². The number of para-hydroxylation sites is 1. The van der Waals surface area contributed by atoms with Gasteiger partial charge in [0, 0.05) is 23.3 Å². The van der Waals surface area contributed by atoms with E-state index in [-0.39, 0.29) is 0 Å². The fourth-order valence-electron chi connectivity index (χ4n) is 2.97. The van der Waals surface area contributed by atoms with Crippen LogP contribution in [-0.2, 0) is 6.42 Å². The first-order chi connectivity index (χ1) is 12.6. The topological polar surface area (TPSA) is 49.1 Å². The highest BCUT2D eigenvalue weighted by molar-refractivity contribution is 7.80. The van der Waals surface area contributed by atoms with Crippen molar-refractivity contribution < 1.29 is 4.74 Å². The molecule has 0 aliphatic heterocycles. The van der Waals surface area contributed by atoms with E-state index in [2.05, 4.69) is 28.6 Å². The summed E-state index contributed by atoms with van der Waals surface area (Å²) in [7, 11) is 0. The first kappa shape index (κ1) is 18.5. The summed E-state index contributed by atoms with van der Waals surface area (Å²) in [6, 6.07) is 13.7. The van der Waals surface area contributed by atoms with Crippen LogP contribution in [0.5, 0.6) is 5.75 Å². The van der Waals surface area contributed by atoms with E-state index in [4.69, 9.17) is 28.6 Å². The highest BCUT2D eigenvalue weighted by Gasteiger charge is 2.10. The molecule has 0 aliphatic carbocycles. The Hall–Kier alpha value is -2.24. The van der Waals surface area contributed by atoms with Crippen LogP contribution in [0.25, 0.3) is 10.9 Å². The summed E-state index contributed by atoms with van der Waals surface area (Å²) in [4.78, 5) is 3.37. The van der Waals surface area contributed by atoms with Gasteiger partial charge in [0.2, 0.25) is 0 Å². The Morgan fingerprint density at radius 1 is 1.19 bits per heavy atom. The Morgan fingerprint density at radius 3 is 2.69 bits per heavy atom. The number of hydrogen-bond donors (Lipinski definition) is 3. The van der Waals surface area contributed by atoms with Gasteiger partial charge in [0.15, 0.2) is 5.11 Å². The van der Waals surface area contributed by atoms with Crippen molar-refractivity contribution in [1.29, 1.82) is 0 Å². The van der Waals surface area contributed by atoms with Gasteiger partial charge < -0.3 is 20.4 Å². The SMILES string of the molecule is CCOc1ccc(NC(=S)NCCc2c(C)[nH]c3c(Cl)cccc23)cc1. The lowest BCUT2D eigenvalue weighted by Gasteiger charge is -2.11. The molecule has 0 saturated heterocycles. The average Bonchev–Trinajstić information content (AvgIpc) is 2.94.